The minimum Gasteiger partial charge on any atom is -0.404 e. The maximum Gasteiger partial charge on any atom is 0.573 e. The van der Waals surface area contributed by atoms with Crippen molar-refractivity contribution in [3.8, 4) is 16.9 Å². The van der Waals surface area contributed by atoms with E-state index in [0.29, 0.717) is 29.9 Å². The van der Waals surface area contributed by atoms with Gasteiger partial charge in [0.05, 0.1) is 29.0 Å². The molecular weight excluding hydrogens is 563 g/mol. The molecule has 0 radical (unpaired) electrons. The van der Waals surface area contributed by atoms with Gasteiger partial charge in [-0.05, 0) is 55.2 Å². The van der Waals surface area contributed by atoms with E-state index in [1.165, 1.54) is 43.6 Å². The van der Waals surface area contributed by atoms with Crippen LogP contribution in [0.3, 0.4) is 0 Å². The van der Waals surface area contributed by atoms with E-state index in [1.54, 1.807) is 16.9 Å². The number of nitrogens with one attached hydrogen (secondary N) is 1. The van der Waals surface area contributed by atoms with Crippen LogP contribution in [-0.4, -0.2) is 55.3 Å². The lowest BCUT2D eigenvalue weighted by Crippen LogP contribution is -2.18. The molecule has 0 saturated carbocycles. The molecule has 3 heterocycles. The third-order valence-electron chi connectivity index (χ3n) is 5.91. The molecule has 0 aliphatic carbocycles. The fourth-order valence-electron chi connectivity index (χ4n) is 4.00. The molecule has 41 heavy (non-hydrogen) atoms. The zero-order valence-corrected chi connectivity index (χ0v) is 22.6. The molecule has 1 amide bonds. The molecule has 4 aromatic rings. The molecule has 1 aromatic carbocycles. The normalized spacial score (nSPS) is 11.3. The van der Waals surface area contributed by atoms with Crippen LogP contribution >= 0.6 is 11.6 Å². The Labute approximate surface area is 237 Å². The molecule has 3 aromatic heterocycles. The number of benzene rings is 1. The summed E-state index contributed by atoms with van der Waals surface area (Å²) in [5.74, 6) is -0.992. The average Bonchev–Trinajstić information content (AvgIpc) is 3.41. The number of aromatic nitrogens is 6. The Kier molecular flexibility index (Phi) is 9.61. The monoisotopic (exact) mass is 587 g/mol. The van der Waals surface area contributed by atoms with E-state index in [0.717, 1.165) is 18.5 Å². The van der Waals surface area contributed by atoms with Crippen LogP contribution in [-0.2, 0) is 30.6 Å². The van der Waals surface area contributed by atoms with Crippen molar-refractivity contribution in [3.05, 3.63) is 82.7 Å². The Morgan fingerprint density at radius 2 is 1.76 bits per heavy atom. The molecule has 1 N–H and O–H groups in total. The first-order valence-corrected chi connectivity index (χ1v) is 12.9. The lowest BCUT2D eigenvalue weighted by Gasteiger charge is -2.15. The van der Waals surface area contributed by atoms with Crippen LogP contribution in [0, 0.1) is 0 Å². The Bertz CT molecular complexity index is 1510. The number of aryl methyl sites for hydroxylation is 2. The highest BCUT2D eigenvalue weighted by atomic mass is 35.5. The first kappa shape index (κ1) is 29.6. The van der Waals surface area contributed by atoms with Gasteiger partial charge in [-0.3, -0.25) is 19.3 Å². The predicted octanol–water partition coefficient (Wildman–Crippen LogP) is 4.42. The van der Waals surface area contributed by atoms with Gasteiger partial charge in [-0.1, -0.05) is 28.9 Å². The number of Topliss-reactive ketones (excluding diaryl/α,β-unsaturated/α-hetero) is 1. The summed E-state index contributed by atoms with van der Waals surface area (Å²) in [6.45, 7) is 0.604. The number of nitrogens with zero attached hydrogens (tertiary/aromatic N) is 6. The Morgan fingerprint density at radius 1 is 1.00 bits per heavy atom. The van der Waals surface area contributed by atoms with Gasteiger partial charge in [0, 0.05) is 37.5 Å². The van der Waals surface area contributed by atoms with Gasteiger partial charge in [-0.25, -0.2) is 0 Å². The van der Waals surface area contributed by atoms with Crippen LogP contribution in [0.1, 0.15) is 40.4 Å². The summed E-state index contributed by atoms with van der Waals surface area (Å²) in [6, 6.07) is 10.9. The number of carbonyl (C=O) groups excluding carboxylic acids is 2. The van der Waals surface area contributed by atoms with Gasteiger partial charge in [0.15, 0.2) is 11.4 Å². The van der Waals surface area contributed by atoms with Crippen molar-refractivity contribution in [2.45, 2.75) is 45.0 Å². The third-order valence-corrected chi connectivity index (χ3v) is 6.21. The van der Waals surface area contributed by atoms with Crippen molar-refractivity contribution in [1.82, 2.24) is 35.5 Å². The van der Waals surface area contributed by atoms with Gasteiger partial charge in [-0.15, -0.1) is 18.3 Å². The lowest BCUT2D eigenvalue weighted by molar-refractivity contribution is -0.274. The van der Waals surface area contributed by atoms with Crippen molar-refractivity contribution in [2.75, 3.05) is 7.05 Å². The summed E-state index contributed by atoms with van der Waals surface area (Å²) >= 11 is 5.96. The quantitative estimate of drug-likeness (QED) is 0.242. The maximum absolute atomic E-state index is 12.9. The number of hydrogen-bond donors (Lipinski definition) is 1. The van der Waals surface area contributed by atoms with E-state index in [-0.39, 0.29) is 40.8 Å². The van der Waals surface area contributed by atoms with E-state index in [4.69, 9.17) is 11.6 Å². The van der Waals surface area contributed by atoms with E-state index < -0.39 is 12.1 Å². The summed E-state index contributed by atoms with van der Waals surface area (Å²) in [7, 11) is 1.53. The van der Waals surface area contributed by atoms with Gasteiger partial charge < -0.3 is 10.1 Å². The van der Waals surface area contributed by atoms with Gasteiger partial charge in [-0.2, -0.15) is 10.2 Å². The first-order valence-electron chi connectivity index (χ1n) is 12.6. The molecule has 4 rings (SSSR count). The topological polar surface area (TPSA) is 125 Å². The maximum atomic E-state index is 12.9. The first-order chi connectivity index (χ1) is 19.6. The minimum atomic E-state index is -4.92. The summed E-state index contributed by atoms with van der Waals surface area (Å²) in [4.78, 5) is 28.4. The standard InChI is InChI=1S/C27H25ClF3N7O3/c1-32-26(40)24-16-38(37-36-24)12-3-2-5-18-8-9-19(35-34-18)14-21(39)15-20-13-17(10-11-33-20)22-6-4-7-23(28)25(22)41-27(29,30)31/h4,6-11,13,16H,2-3,5,12,14-15H2,1H3,(H,32,40). The van der Waals surface area contributed by atoms with Crippen molar-refractivity contribution in [3.63, 3.8) is 0 Å². The number of alkyl halides is 3. The molecule has 0 aliphatic heterocycles. The number of hydrogen-bond acceptors (Lipinski definition) is 8. The zero-order chi connectivity index (χ0) is 29.4. The average molecular weight is 588 g/mol. The molecule has 0 fully saturated rings. The smallest absolute Gasteiger partial charge is 0.404 e. The fraction of sp³-hybridized carbons (Fsp3) is 0.296. The number of halogens is 4. The van der Waals surface area contributed by atoms with E-state index in [9.17, 15) is 22.8 Å². The highest BCUT2D eigenvalue weighted by Crippen LogP contribution is 2.39. The van der Waals surface area contributed by atoms with Crippen LogP contribution in [0.25, 0.3) is 11.1 Å². The second-order valence-electron chi connectivity index (χ2n) is 9.01. The van der Waals surface area contributed by atoms with Crippen LogP contribution in [0.4, 0.5) is 13.2 Å². The predicted molar refractivity (Wildman–Crippen MR) is 142 cm³/mol. The lowest BCUT2D eigenvalue weighted by atomic mass is 10.0. The number of unbranched alkanes of at least 4 members (excludes halogenated alkanes) is 1. The Morgan fingerprint density at radius 3 is 2.49 bits per heavy atom. The molecule has 0 aliphatic rings. The van der Waals surface area contributed by atoms with E-state index in [2.05, 4.69) is 35.5 Å². The van der Waals surface area contributed by atoms with Gasteiger partial charge >= 0.3 is 6.36 Å². The molecule has 0 saturated heterocycles. The molecule has 10 nitrogen and oxygen atoms in total. The molecule has 0 spiro atoms. The van der Waals surface area contributed by atoms with Gasteiger partial charge in [0.1, 0.15) is 5.78 Å². The number of pyridine rings is 1. The van der Waals surface area contributed by atoms with Gasteiger partial charge in [0.2, 0.25) is 0 Å². The number of carbonyl (C=O) groups is 2. The number of amides is 1. The van der Waals surface area contributed by atoms with E-state index in [1.807, 2.05) is 6.07 Å². The summed E-state index contributed by atoms with van der Waals surface area (Å²) in [5.41, 5.74) is 2.42. The van der Waals surface area contributed by atoms with Crippen LogP contribution in [0.5, 0.6) is 5.75 Å². The second-order valence-corrected chi connectivity index (χ2v) is 9.42. The van der Waals surface area contributed by atoms with Crippen LogP contribution in [0.2, 0.25) is 5.02 Å². The molecule has 0 atom stereocenters. The Balaban J connectivity index is 1.29. The van der Waals surface area contributed by atoms with Crippen molar-refractivity contribution in [2.24, 2.45) is 0 Å². The number of para-hydroxylation sites is 1. The highest BCUT2D eigenvalue weighted by molar-refractivity contribution is 6.32. The van der Waals surface area contributed by atoms with Crippen molar-refractivity contribution < 1.29 is 27.5 Å². The second kappa shape index (κ2) is 13.3. The third kappa shape index (κ3) is 8.55. The highest BCUT2D eigenvalue weighted by Gasteiger charge is 2.33. The fourth-order valence-corrected chi connectivity index (χ4v) is 4.21. The summed E-state index contributed by atoms with van der Waals surface area (Å²) in [6.07, 6.45) is 0.353. The molecule has 14 heteroatoms. The van der Waals surface area contributed by atoms with E-state index >= 15 is 0 Å². The van der Waals surface area contributed by atoms with Crippen molar-refractivity contribution >= 4 is 23.3 Å². The molecule has 0 unspecified atom stereocenters. The molecule has 214 valence electrons. The zero-order valence-electron chi connectivity index (χ0n) is 21.9. The molecular formula is C27H25ClF3N7O3. The number of rotatable bonds is 12. The molecule has 0 bridgehead atoms. The van der Waals surface area contributed by atoms with Crippen LogP contribution < -0.4 is 10.1 Å². The van der Waals surface area contributed by atoms with Crippen molar-refractivity contribution in [1.29, 1.82) is 0 Å². The number of ether oxygens (including phenoxy) is 1. The number of ketones is 1. The summed E-state index contributed by atoms with van der Waals surface area (Å²) in [5, 5.41) is 18.4. The largest absolute Gasteiger partial charge is 0.573 e. The minimum absolute atomic E-state index is 0.0265. The van der Waals surface area contributed by atoms with Crippen LogP contribution in [0.15, 0.2) is 54.9 Å². The SMILES string of the molecule is CNC(=O)c1cn(CCCCc2ccc(CC(=O)Cc3cc(-c4cccc(Cl)c4OC(F)(F)F)ccn3)nn2)nn1. The Hall–Kier alpha value is -4.39. The van der Waals surface area contributed by atoms with Gasteiger partial charge in [0.25, 0.3) is 5.91 Å². The summed E-state index contributed by atoms with van der Waals surface area (Å²) < 4.78 is 44.5.